The summed E-state index contributed by atoms with van der Waals surface area (Å²) in [5.41, 5.74) is 2.59. The van der Waals surface area contributed by atoms with Gasteiger partial charge in [0.25, 0.3) is 0 Å². The van der Waals surface area contributed by atoms with Gasteiger partial charge in [-0.1, -0.05) is 18.2 Å². The first-order valence-corrected chi connectivity index (χ1v) is 8.41. The second-order valence-corrected chi connectivity index (χ2v) is 6.31. The van der Waals surface area contributed by atoms with Crippen LogP contribution in [0.1, 0.15) is 16.1 Å². The number of phenolic OH excluding ortho intramolecular Hbond substituents is 1. The molecule has 0 saturated heterocycles. The number of aromatic nitrogens is 1. The fraction of sp³-hybridized carbons (Fsp3) is 0.0526. The quantitative estimate of drug-likeness (QED) is 0.583. The molecule has 0 radical (unpaired) electrons. The maximum atomic E-state index is 11.4. The van der Waals surface area contributed by atoms with E-state index in [0.717, 1.165) is 21.7 Å². The molecule has 0 unspecified atom stereocenters. The maximum absolute atomic E-state index is 11.4. The highest BCUT2D eigenvalue weighted by Gasteiger charge is 2.09. The first kappa shape index (κ1) is 17.0. The third-order valence-corrected chi connectivity index (χ3v) is 4.26. The molecule has 2 aromatic carbocycles. The van der Waals surface area contributed by atoms with Crippen molar-refractivity contribution in [2.45, 2.75) is 11.4 Å². The van der Waals surface area contributed by atoms with E-state index < -0.39 is 5.97 Å². The zero-order valence-electron chi connectivity index (χ0n) is 13.2. The van der Waals surface area contributed by atoms with Gasteiger partial charge in [0.2, 0.25) is 0 Å². The summed E-state index contributed by atoms with van der Waals surface area (Å²) in [7, 11) is 0. The summed E-state index contributed by atoms with van der Waals surface area (Å²) in [6.07, 6.45) is 1.73. The summed E-state index contributed by atoms with van der Waals surface area (Å²) in [6, 6.07) is 17.5. The largest absolute Gasteiger partial charge is 0.508 e. The van der Waals surface area contributed by atoms with Gasteiger partial charge >= 0.3 is 5.97 Å². The molecule has 3 aromatic rings. The molecule has 5 nitrogen and oxygen atoms in total. The molecule has 3 N–H and O–H groups in total. The number of phenols is 1. The Morgan fingerprint density at radius 3 is 2.64 bits per heavy atom. The second kappa shape index (κ2) is 7.83. The Kier molecular flexibility index (Phi) is 5.33. The van der Waals surface area contributed by atoms with E-state index in [1.165, 1.54) is 11.9 Å². The molecule has 1 aromatic heterocycles. The lowest BCUT2D eigenvalue weighted by Gasteiger charge is -2.09. The van der Waals surface area contributed by atoms with Crippen LogP contribution in [0.4, 0.5) is 0 Å². The summed E-state index contributed by atoms with van der Waals surface area (Å²) in [5.74, 6) is -0.853. The van der Waals surface area contributed by atoms with Gasteiger partial charge in [-0.05, 0) is 65.5 Å². The van der Waals surface area contributed by atoms with Gasteiger partial charge in [0.15, 0.2) is 0 Å². The minimum absolute atomic E-state index is 0.140. The average molecular weight is 352 g/mol. The topological polar surface area (TPSA) is 82.5 Å². The van der Waals surface area contributed by atoms with Crippen molar-refractivity contribution in [3.05, 3.63) is 78.1 Å². The van der Waals surface area contributed by atoms with E-state index in [9.17, 15) is 15.0 Å². The van der Waals surface area contributed by atoms with Crippen molar-refractivity contribution in [1.82, 2.24) is 9.71 Å². The first-order chi connectivity index (χ1) is 12.1. The van der Waals surface area contributed by atoms with Gasteiger partial charge in [-0.2, -0.15) is 0 Å². The lowest BCUT2D eigenvalue weighted by molar-refractivity contribution is 0.0696. The molecule has 6 heteroatoms. The van der Waals surface area contributed by atoms with Crippen LogP contribution in [0.25, 0.3) is 11.1 Å². The Hall–Kier alpha value is -2.83. The predicted octanol–water partition coefficient (Wildman–Crippen LogP) is 3.95. The number of benzene rings is 2. The lowest BCUT2D eigenvalue weighted by Crippen LogP contribution is -2.05. The molecule has 0 aliphatic heterocycles. The normalized spacial score (nSPS) is 10.6. The van der Waals surface area contributed by atoms with Gasteiger partial charge in [-0.3, -0.25) is 9.71 Å². The Labute approximate surface area is 149 Å². The van der Waals surface area contributed by atoms with Crippen LogP contribution in [0.15, 0.2) is 71.8 Å². The number of carbonyl (C=O) groups is 1. The highest BCUT2D eigenvalue weighted by atomic mass is 32.2. The first-order valence-electron chi connectivity index (χ1n) is 7.59. The minimum atomic E-state index is -0.992. The summed E-state index contributed by atoms with van der Waals surface area (Å²) in [6.45, 7) is 0.560. The number of hydrogen-bond donors (Lipinski definition) is 3. The van der Waals surface area contributed by atoms with E-state index in [1.54, 1.807) is 36.5 Å². The highest BCUT2D eigenvalue weighted by molar-refractivity contribution is 7.97. The minimum Gasteiger partial charge on any atom is -0.508 e. The number of nitrogens with zero attached hydrogens (tertiary/aromatic N) is 1. The van der Waals surface area contributed by atoms with Crippen molar-refractivity contribution in [1.29, 1.82) is 0 Å². The number of carboxylic acid groups (broad SMARTS) is 1. The average Bonchev–Trinajstić information content (AvgIpc) is 2.62. The van der Waals surface area contributed by atoms with Crippen LogP contribution in [0.2, 0.25) is 0 Å². The number of aromatic carboxylic acids is 1. The molecule has 0 saturated carbocycles. The van der Waals surface area contributed by atoms with E-state index in [1.807, 2.05) is 30.3 Å². The molecular weight excluding hydrogens is 336 g/mol. The Morgan fingerprint density at radius 1 is 1.04 bits per heavy atom. The molecule has 0 bridgehead atoms. The number of pyridine rings is 1. The number of nitrogens with one attached hydrogen (secondary N) is 1. The van der Waals surface area contributed by atoms with E-state index in [-0.39, 0.29) is 11.3 Å². The fourth-order valence-electron chi connectivity index (χ4n) is 2.33. The van der Waals surface area contributed by atoms with Crippen LogP contribution in [0, 0.1) is 0 Å². The monoisotopic (exact) mass is 352 g/mol. The van der Waals surface area contributed by atoms with Crippen LogP contribution in [0.5, 0.6) is 5.75 Å². The molecule has 126 valence electrons. The number of hydrogen-bond acceptors (Lipinski definition) is 5. The van der Waals surface area contributed by atoms with Crippen LogP contribution in [-0.4, -0.2) is 21.2 Å². The SMILES string of the molecule is O=C(O)c1cc(SNCc2ccccn2)cc(-c2cccc(O)c2)c1. The van der Waals surface area contributed by atoms with Gasteiger partial charge in [-0.15, -0.1) is 0 Å². The Balaban J connectivity index is 1.82. The zero-order valence-corrected chi connectivity index (χ0v) is 14.0. The molecule has 3 rings (SSSR count). The number of aromatic hydroxyl groups is 1. The molecular formula is C19H16N2O3S. The predicted molar refractivity (Wildman–Crippen MR) is 97.4 cm³/mol. The van der Waals surface area contributed by atoms with Gasteiger partial charge in [-0.25, -0.2) is 4.79 Å². The molecule has 0 aliphatic rings. The summed E-state index contributed by atoms with van der Waals surface area (Å²) in [5, 5.41) is 19.0. The van der Waals surface area contributed by atoms with Gasteiger partial charge in [0.05, 0.1) is 11.3 Å². The maximum Gasteiger partial charge on any atom is 0.335 e. The van der Waals surface area contributed by atoms with Crippen molar-refractivity contribution < 1.29 is 15.0 Å². The highest BCUT2D eigenvalue weighted by Crippen LogP contribution is 2.28. The van der Waals surface area contributed by atoms with Crippen molar-refractivity contribution in [2.75, 3.05) is 0 Å². The van der Waals surface area contributed by atoms with Gasteiger partial charge < -0.3 is 10.2 Å². The van der Waals surface area contributed by atoms with E-state index in [2.05, 4.69) is 9.71 Å². The van der Waals surface area contributed by atoms with Crippen molar-refractivity contribution in [3.8, 4) is 16.9 Å². The molecule has 0 aliphatic carbocycles. The third kappa shape index (κ3) is 4.59. The molecule has 0 atom stereocenters. The zero-order chi connectivity index (χ0) is 17.6. The van der Waals surface area contributed by atoms with Crippen LogP contribution in [0.3, 0.4) is 0 Å². The van der Waals surface area contributed by atoms with Crippen molar-refractivity contribution in [3.63, 3.8) is 0 Å². The van der Waals surface area contributed by atoms with E-state index >= 15 is 0 Å². The van der Waals surface area contributed by atoms with Crippen LogP contribution >= 0.6 is 11.9 Å². The second-order valence-electron chi connectivity index (χ2n) is 5.35. The van der Waals surface area contributed by atoms with Crippen LogP contribution in [-0.2, 0) is 6.54 Å². The Morgan fingerprint density at radius 2 is 1.92 bits per heavy atom. The molecule has 0 fully saturated rings. The molecule has 1 heterocycles. The van der Waals surface area contributed by atoms with Gasteiger partial charge in [0, 0.05) is 17.6 Å². The summed E-state index contributed by atoms with van der Waals surface area (Å²) < 4.78 is 3.19. The van der Waals surface area contributed by atoms with E-state index in [0.29, 0.717) is 6.54 Å². The summed E-state index contributed by atoms with van der Waals surface area (Å²) >= 11 is 1.34. The molecule has 25 heavy (non-hydrogen) atoms. The third-order valence-electron chi connectivity index (χ3n) is 3.50. The fourth-order valence-corrected chi connectivity index (χ4v) is 3.09. The van der Waals surface area contributed by atoms with Crippen LogP contribution < -0.4 is 4.72 Å². The van der Waals surface area contributed by atoms with Crippen molar-refractivity contribution >= 4 is 17.9 Å². The van der Waals surface area contributed by atoms with E-state index in [4.69, 9.17) is 0 Å². The molecule has 0 amide bonds. The standard InChI is InChI=1S/C19H16N2O3S/c22-17-6-3-4-13(9-17)14-8-15(19(23)24)11-18(10-14)25-21-12-16-5-1-2-7-20-16/h1-11,21-22H,12H2,(H,23,24). The summed E-state index contributed by atoms with van der Waals surface area (Å²) in [4.78, 5) is 16.4. The lowest BCUT2D eigenvalue weighted by atomic mass is 10.0. The van der Waals surface area contributed by atoms with Crippen molar-refractivity contribution in [2.24, 2.45) is 0 Å². The molecule has 0 spiro atoms. The van der Waals surface area contributed by atoms with Gasteiger partial charge in [0.1, 0.15) is 5.75 Å². The number of carboxylic acids is 1. The Bertz CT molecular complexity index is 885. The smallest absolute Gasteiger partial charge is 0.335 e. The number of rotatable bonds is 6.